The fraction of sp³-hybridized carbons (Fsp3) is 0.0526. The summed E-state index contributed by atoms with van der Waals surface area (Å²) in [7, 11) is 0. The van der Waals surface area contributed by atoms with Gasteiger partial charge in [-0.1, -0.05) is 60.7 Å². The van der Waals surface area contributed by atoms with E-state index in [-0.39, 0.29) is 0 Å². The Kier molecular flexibility index (Phi) is 3.88. The van der Waals surface area contributed by atoms with E-state index in [2.05, 4.69) is 18.2 Å². The third-order valence-corrected chi connectivity index (χ3v) is 3.35. The second kappa shape index (κ2) is 6.14. The predicted octanol–water partition coefficient (Wildman–Crippen LogP) is 4.51. The van der Waals surface area contributed by atoms with Crippen LogP contribution < -0.4 is 10.5 Å². The molecule has 0 fully saturated rings. The molecule has 0 aliphatic carbocycles. The molecule has 0 radical (unpaired) electrons. The van der Waals surface area contributed by atoms with Crippen LogP contribution in [0.1, 0.15) is 5.56 Å². The first-order chi connectivity index (χ1) is 10.3. The standard InChI is InChI=1S/C19H17NO/c20-17-12-10-15(11-13-17)14-21-19-9-5-4-8-18(19)16-6-2-1-3-7-16/h1-13H,14,20H2. The molecule has 0 aromatic heterocycles. The van der Waals surface area contributed by atoms with E-state index in [0.717, 1.165) is 28.1 Å². The van der Waals surface area contributed by atoms with Crippen molar-refractivity contribution in [2.24, 2.45) is 0 Å². The molecule has 0 aliphatic heterocycles. The highest BCUT2D eigenvalue weighted by molar-refractivity contribution is 5.70. The Labute approximate surface area is 124 Å². The lowest BCUT2D eigenvalue weighted by molar-refractivity contribution is 0.307. The normalized spacial score (nSPS) is 10.3. The topological polar surface area (TPSA) is 35.2 Å². The maximum atomic E-state index is 5.98. The van der Waals surface area contributed by atoms with Gasteiger partial charge in [0, 0.05) is 11.3 Å². The van der Waals surface area contributed by atoms with Crippen LogP contribution in [0.3, 0.4) is 0 Å². The fourth-order valence-corrected chi connectivity index (χ4v) is 2.22. The van der Waals surface area contributed by atoms with Gasteiger partial charge in [-0.25, -0.2) is 0 Å². The zero-order valence-electron chi connectivity index (χ0n) is 11.7. The van der Waals surface area contributed by atoms with Crippen molar-refractivity contribution in [3.05, 3.63) is 84.4 Å². The maximum absolute atomic E-state index is 5.98. The van der Waals surface area contributed by atoms with Gasteiger partial charge in [0.1, 0.15) is 12.4 Å². The Hall–Kier alpha value is -2.74. The Morgan fingerprint density at radius 1 is 0.714 bits per heavy atom. The van der Waals surface area contributed by atoms with Crippen LogP contribution in [0.15, 0.2) is 78.9 Å². The fourth-order valence-electron chi connectivity index (χ4n) is 2.22. The minimum Gasteiger partial charge on any atom is -0.488 e. The largest absolute Gasteiger partial charge is 0.488 e. The quantitative estimate of drug-likeness (QED) is 0.711. The summed E-state index contributed by atoms with van der Waals surface area (Å²) in [6, 6.07) is 26.1. The molecule has 0 spiro atoms. The Morgan fingerprint density at radius 3 is 2.14 bits per heavy atom. The van der Waals surface area contributed by atoms with E-state index in [1.54, 1.807) is 0 Å². The average molecular weight is 275 g/mol. The molecule has 0 aliphatic rings. The molecule has 2 N–H and O–H groups in total. The van der Waals surface area contributed by atoms with Gasteiger partial charge in [0.25, 0.3) is 0 Å². The van der Waals surface area contributed by atoms with Gasteiger partial charge in [-0.05, 0) is 29.3 Å². The molecule has 2 nitrogen and oxygen atoms in total. The Balaban J connectivity index is 1.81. The van der Waals surface area contributed by atoms with Gasteiger partial charge in [-0.15, -0.1) is 0 Å². The van der Waals surface area contributed by atoms with Crippen molar-refractivity contribution in [2.75, 3.05) is 5.73 Å². The van der Waals surface area contributed by atoms with E-state index in [0.29, 0.717) is 6.61 Å². The van der Waals surface area contributed by atoms with Crippen LogP contribution in [-0.2, 0) is 6.61 Å². The molecule has 3 aromatic rings. The van der Waals surface area contributed by atoms with E-state index in [1.165, 1.54) is 0 Å². The van der Waals surface area contributed by atoms with Crippen LogP contribution in [0.25, 0.3) is 11.1 Å². The van der Waals surface area contributed by atoms with Crippen LogP contribution in [0.5, 0.6) is 5.75 Å². The lowest BCUT2D eigenvalue weighted by Gasteiger charge is -2.12. The summed E-state index contributed by atoms with van der Waals surface area (Å²) in [4.78, 5) is 0. The minimum atomic E-state index is 0.532. The van der Waals surface area contributed by atoms with Crippen molar-refractivity contribution in [3.63, 3.8) is 0 Å². The lowest BCUT2D eigenvalue weighted by atomic mass is 10.0. The third-order valence-electron chi connectivity index (χ3n) is 3.35. The molecule has 0 atom stereocenters. The van der Waals surface area contributed by atoms with Crippen molar-refractivity contribution in [1.29, 1.82) is 0 Å². The van der Waals surface area contributed by atoms with E-state index in [9.17, 15) is 0 Å². The summed E-state index contributed by atoms with van der Waals surface area (Å²) in [5, 5.41) is 0. The second-order valence-corrected chi connectivity index (χ2v) is 4.89. The highest BCUT2D eigenvalue weighted by atomic mass is 16.5. The molecule has 0 unspecified atom stereocenters. The van der Waals surface area contributed by atoms with Gasteiger partial charge in [0.15, 0.2) is 0 Å². The number of benzene rings is 3. The lowest BCUT2D eigenvalue weighted by Crippen LogP contribution is -1.97. The van der Waals surface area contributed by atoms with Crippen LogP contribution in [-0.4, -0.2) is 0 Å². The van der Waals surface area contributed by atoms with Crippen molar-refractivity contribution >= 4 is 5.69 Å². The van der Waals surface area contributed by atoms with Crippen molar-refractivity contribution in [3.8, 4) is 16.9 Å². The van der Waals surface area contributed by atoms with Gasteiger partial charge >= 0.3 is 0 Å². The zero-order valence-corrected chi connectivity index (χ0v) is 11.7. The molecule has 0 saturated heterocycles. The second-order valence-electron chi connectivity index (χ2n) is 4.89. The van der Waals surface area contributed by atoms with Gasteiger partial charge < -0.3 is 10.5 Å². The number of ether oxygens (including phenoxy) is 1. The van der Waals surface area contributed by atoms with Gasteiger partial charge in [-0.3, -0.25) is 0 Å². The molecular formula is C19H17NO. The van der Waals surface area contributed by atoms with Gasteiger partial charge in [-0.2, -0.15) is 0 Å². The number of para-hydroxylation sites is 1. The predicted molar refractivity (Wildman–Crippen MR) is 87.1 cm³/mol. The number of rotatable bonds is 4. The van der Waals surface area contributed by atoms with Crippen LogP contribution in [0.2, 0.25) is 0 Å². The molecular weight excluding hydrogens is 258 g/mol. The Morgan fingerprint density at radius 2 is 1.38 bits per heavy atom. The van der Waals surface area contributed by atoms with E-state index >= 15 is 0 Å². The SMILES string of the molecule is Nc1ccc(COc2ccccc2-c2ccccc2)cc1. The minimum absolute atomic E-state index is 0.532. The number of hydrogen-bond donors (Lipinski definition) is 1. The third kappa shape index (κ3) is 3.23. The first-order valence-electron chi connectivity index (χ1n) is 6.94. The molecule has 0 amide bonds. The summed E-state index contributed by atoms with van der Waals surface area (Å²) in [5.74, 6) is 0.889. The van der Waals surface area contributed by atoms with E-state index < -0.39 is 0 Å². The summed E-state index contributed by atoms with van der Waals surface area (Å²) >= 11 is 0. The maximum Gasteiger partial charge on any atom is 0.127 e. The molecule has 0 heterocycles. The first kappa shape index (κ1) is 13.3. The number of anilines is 1. The molecule has 3 rings (SSSR count). The van der Waals surface area contributed by atoms with Crippen molar-refractivity contribution in [2.45, 2.75) is 6.61 Å². The number of nitrogens with two attached hydrogens (primary N) is 1. The molecule has 3 aromatic carbocycles. The zero-order chi connectivity index (χ0) is 14.5. The van der Waals surface area contributed by atoms with Crippen LogP contribution in [0, 0.1) is 0 Å². The van der Waals surface area contributed by atoms with Crippen molar-refractivity contribution in [1.82, 2.24) is 0 Å². The Bertz CT molecular complexity index is 705. The number of hydrogen-bond acceptors (Lipinski definition) is 2. The summed E-state index contributed by atoms with van der Waals surface area (Å²) in [6.45, 7) is 0.532. The molecule has 0 bridgehead atoms. The molecule has 104 valence electrons. The van der Waals surface area contributed by atoms with Crippen LogP contribution >= 0.6 is 0 Å². The summed E-state index contributed by atoms with van der Waals surface area (Å²) < 4.78 is 5.98. The van der Waals surface area contributed by atoms with Gasteiger partial charge in [0.2, 0.25) is 0 Å². The molecule has 21 heavy (non-hydrogen) atoms. The van der Waals surface area contributed by atoms with Gasteiger partial charge in [0.05, 0.1) is 0 Å². The van der Waals surface area contributed by atoms with E-state index in [4.69, 9.17) is 10.5 Å². The summed E-state index contributed by atoms with van der Waals surface area (Å²) in [5.41, 5.74) is 9.83. The molecule has 2 heteroatoms. The molecule has 0 saturated carbocycles. The highest BCUT2D eigenvalue weighted by Gasteiger charge is 2.05. The van der Waals surface area contributed by atoms with Crippen molar-refractivity contribution < 1.29 is 4.74 Å². The summed E-state index contributed by atoms with van der Waals surface area (Å²) in [6.07, 6.45) is 0. The average Bonchev–Trinajstić information content (AvgIpc) is 2.55. The highest BCUT2D eigenvalue weighted by Crippen LogP contribution is 2.30. The first-order valence-corrected chi connectivity index (χ1v) is 6.94. The van der Waals surface area contributed by atoms with E-state index in [1.807, 2.05) is 60.7 Å². The smallest absolute Gasteiger partial charge is 0.127 e. The monoisotopic (exact) mass is 275 g/mol. The number of nitrogen functional groups attached to an aromatic ring is 1. The van der Waals surface area contributed by atoms with Crippen LogP contribution in [0.4, 0.5) is 5.69 Å².